The number of carbonyl (C=O) groups excluding carboxylic acids is 1. The monoisotopic (exact) mass is 233 g/mol. The Morgan fingerprint density at radius 1 is 1.36 bits per heavy atom. The fraction of sp³-hybridized carbons (Fsp3) is 0.833. The van der Waals surface area contributed by atoms with E-state index in [1.165, 1.54) is 0 Å². The van der Waals surface area contributed by atoms with Gasteiger partial charge in [-0.05, 0) is 0 Å². The van der Waals surface area contributed by atoms with E-state index < -0.39 is 34.2 Å². The average Bonchev–Trinajstić information content (AvgIpc) is 1.95. The molecular formula is C6H10F3NO3S. The molecule has 84 valence electrons. The molecule has 0 aromatic heterocycles. The van der Waals surface area contributed by atoms with Gasteiger partial charge in [0, 0.05) is 19.8 Å². The van der Waals surface area contributed by atoms with Crippen molar-refractivity contribution >= 4 is 15.7 Å². The van der Waals surface area contributed by atoms with Gasteiger partial charge in [-0.15, -0.1) is 0 Å². The van der Waals surface area contributed by atoms with E-state index in [2.05, 4.69) is 0 Å². The third kappa shape index (κ3) is 5.05. The van der Waals surface area contributed by atoms with Crippen LogP contribution in [0.4, 0.5) is 13.2 Å². The fourth-order valence-corrected chi connectivity index (χ4v) is 1.23. The van der Waals surface area contributed by atoms with Crippen LogP contribution in [0.1, 0.15) is 0 Å². The van der Waals surface area contributed by atoms with Crippen LogP contribution in [0.5, 0.6) is 0 Å². The molecule has 0 aliphatic heterocycles. The molecule has 0 radical (unpaired) electrons. The summed E-state index contributed by atoms with van der Waals surface area (Å²) in [4.78, 5) is 10.8. The second-order valence-electron chi connectivity index (χ2n) is 2.85. The highest BCUT2D eigenvalue weighted by Crippen LogP contribution is 2.17. The Hall–Kier alpha value is -0.790. The molecule has 0 unspecified atom stereocenters. The fourth-order valence-electron chi connectivity index (χ4n) is 0.621. The van der Waals surface area contributed by atoms with Crippen LogP contribution in [0.2, 0.25) is 0 Å². The largest absolute Gasteiger partial charge is 0.471 e. The molecule has 8 heteroatoms. The van der Waals surface area contributed by atoms with Crippen molar-refractivity contribution in [3.63, 3.8) is 0 Å². The van der Waals surface area contributed by atoms with Crippen LogP contribution in [-0.2, 0) is 14.6 Å². The number of alkyl halides is 3. The van der Waals surface area contributed by atoms with Crippen molar-refractivity contribution in [3.05, 3.63) is 0 Å². The first kappa shape index (κ1) is 13.2. The Balaban J connectivity index is 4.24. The van der Waals surface area contributed by atoms with Crippen molar-refractivity contribution in [2.75, 3.05) is 25.6 Å². The second kappa shape index (κ2) is 4.16. The number of carbonyl (C=O) groups is 1. The van der Waals surface area contributed by atoms with Gasteiger partial charge < -0.3 is 4.90 Å². The molecule has 0 aromatic carbocycles. The second-order valence-corrected chi connectivity index (χ2v) is 5.11. The van der Waals surface area contributed by atoms with Gasteiger partial charge >= 0.3 is 12.1 Å². The van der Waals surface area contributed by atoms with Gasteiger partial charge in [0.25, 0.3) is 0 Å². The van der Waals surface area contributed by atoms with Crippen LogP contribution in [0.3, 0.4) is 0 Å². The number of rotatable bonds is 3. The summed E-state index contributed by atoms with van der Waals surface area (Å²) in [5.74, 6) is -2.52. The van der Waals surface area contributed by atoms with Gasteiger partial charge in [0.15, 0.2) is 0 Å². The molecule has 0 saturated carbocycles. The first-order valence-electron chi connectivity index (χ1n) is 3.54. The third-order valence-corrected chi connectivity index (χ3v) is 2.31. The van der Waals surface area contributed by atoms with Gasteiger partial charge in [0.2, 0.25) is 0 Å². The molecule has 4 nitrogen and oxygen atoms in total. The number of halogens is 3. The molecule has 0 N–H and O–H groups in total. The molecule has 1 amide bonds. The maximum absolute atomic E-state index is 11.8. The first-order chi connectivity index (χ1) is 6.04. The van der Waals surface area contributed by atoms with Crippen LogP contribution in [-0.4, -0.2) is 51.0 Å². The summed E-state index contributed by atoms with van der Waals surface area (Å²) >= 11 is 0. The van der Waals surface area contributed by atoms with Gasteiger partial charge in [-0.2, -0.15) is 13.2 Å². The van der Waals surface area contributed by atoms with Crippen LogP contribution in [0.25, 0.3) is 0 Å². The van der Waals surface area contributed by atoms with E-state index in [0.717, 1.165) is 13.3 Å². The van der Waals surface area contributed by atoms with Gasteiger partial charge in [-0.3, -0.25) is 4.79 Å². The molecule has 0 aromatic rings. The summed E-state index contributed by atoms with van der Waals surface area (Å²) in [5, 5.41) is 0. The minimum absolute atomic E-state index is 0.334. The Kier molecular flexibility index (Phi) is 3.92. The van der Waals surface area contributed by atoms with Crippen LogP contribution in [0.15, 0.2) is 0 Å². The zero-order valence-corrected chi connectivity index (χ0v) is 8.44. The van der Waals surface area contributed by atoms with E-state index in [-0.39, 0.29) is 0 Å². The van der Waals surface area contributed by atoms with Crippen molar-refractivity contribution in [1.29, 1.82) is 0 Å². The summed E-state index contributed by atoms with van der Waals surface area (Å²) < 4.78 is 56.5. The van der Waals surface area contributed by atoms with Crippen molar-refractivity contribution in [2.24, 2.45) is 0 Å². The molecule has 0 spiro atoms. The molecule has 0 aliphatic rings. The summed E-state index contributed by atoms with van der Waals surface area (Å²) in [6, 6.07) is 0. The van der Waals surface area contributed by atoms with E-state index in [9.17, 15) is 26.4 Å². The van der Waals surface area contributed by atoms with E-state index >= 15 is 0 Å². The highest BCUT2D eigenvalue weighted by molar-refractivity contribution is 7.90. The van der Waals surface area contributed by atoms with Crippen molar-refractivity contribution in [3.8, 4) is 0 Å². The highest BCUT2D eigenvalue weighted by Gasteiger charge is 2.41. The summed E-state index contributed by atoms with van der Waals surface area (Å²) in [7, 11) is -2.46. The lowest BCUT2D eigenvalue weighted by atomic mass is 10.5. The zero-order valence-electron chi connectivity index (χ0n) is 7.63. The number of sulfone groups is 1. The third-order valence-electron chi connectivity index (χ3n) is 1.39. The molecule has 0 atom stereocenters. The Bertz CT molecular complexity index is 309. The van der Waals surface area contributed by atoms with Crippen LogP contribution in [0, 0.1) is 0 Å². The Labute approximate surface area is 79.6 Å². The predicted octanol–water partition coefficient (Wildman–Crippen LogP) is 0.0517. The van der Waals surface area contributed by atoms with Crippen LogP contribution >= 0.6 is 0 Å². The number of amides is 1. The number of nitrogens with zero attached hydrogens (tertiary/aromatic N) is 1. The van der Waals surface area contributed by atoms with Crippen LogP contribution < -0.4 is 0 Å². The Morgan fingerprint density at radius 2 is 1.79 bits per heavy atom. The standard InChI is InChI=1S/C6H10F3NO3S/c1-10(3-4-14(2,12)13)5(11)6(7,8)9/h3-4H2,1-2H3. The molecule has 0 heterocycles. The zero-order chi connectivity index (χ0) is 11.6. The van der Waals surface area contributed by atoms with Crippen molar-refractivity contribution in [1.82, 2.24) is 4.90 Å². The Morgan fingerprint density at radius 3 is 2.07 bits per heavy atom. The SMILES string of the molecule is CN(CCS(C)(=O)=O)C(=O)C(F)(F)F. The van der Waals surface area contributed by atoms with Gasteiger partial charge in [-0.1, -0.05) is 0 Å². The van der Waals surface area contributed by atoms with E-state index in [0.29, 0.717) is 4.90 Å². The number of hydrogen-bond donors (Lipinski definition) is 0. The molecule has 0 bridgehead atoms. The maximum Gasteiger partial charge on any atom is 0.471 e. The molecule has 0 aliphatic carbocycles. The lowest BCUT2D eigenvalue weighted by molar-refractivity contribution is -0.183. The lowest BCUT2D eigenvalue weighted by Crippen LogP contribution is -2.40. The minimum Gasteiger partial charge on any atom is -0.337 e. The average molecular weight is 233 g/mol. The van der Waals surface area contributed by atoms with Gasteiger partial charge in [-0.25, -0.2) is 8.42 Å². The van der Waals surface area contributed by atoms with E-state index in [1.54, 1.807) is 0 Å². The quantitative estimate of drug-likeness (QED) is 0.692. The molecular weight excluding hydrogens is 223 g/mol. The summed E-state index contributed by atoms with van der Waals surface area (Å²) in [6.07, 6.45) is -4.06. The molecule has 14 heavy (non-hydrogen) atoms. The maximum atomic E-state index is 11.8. The molecule has 0 rings (SSSR count). The van der Waals surface area contributed by atoms with E-state index in [4.69, 9.17) is 0 Å². The highest BCUT2D eigenvalue weighted by atomic mass is 32.2. The predicted molar refractivity (Wildman–Crippen MR) is 43.4 cm³/mol. The number of hydrogen-bond acceptors (Lipinski definition) is 3. The normalized spacial score (nSPS) is 12.6. The molecule has 0 fully saturated rings. The topological polar surface area (TPSA) is 54.5 Å². The van der Waals surface area contributed by atoms with E-state index in [1.807, 2.05) is 0 Å². The first-order valence-corrected chi connectivity index (χ1v) is 5.60. The molecule has 0 saturated heterocycles. The minimum atomic E-state index is -4.95. The lowest BCUT2D eigenvalue weighted by Gasteiger charge is -2.17. The van der Waals surface area contributed by atoms with Gasteiger partial charge in [0.05, 0.1) is 5.75 Å². The van der Waals surface area contributed by atoms with Crippen molar-refractivity contribution < 1.29 is 26.4 Å². The van der Waals surface area contributed by atoms with Crippen molar-refractivity contribution in [2.45, 2.75) is 6.18 Å². The smallest absolute Gasteiger partial charge is 0.337 e. The summed E-state index contributed by atoms with van der Waals surface area (Å²) in [6.45, 7) is -0.461. The van der Waals surface area contributed by atoms with Gasteiger partial charge in [0.1, 0.15) is 9.84 Å². The summed E-state index contributed by atoms with van der Waals surface area (Å²) in [5.41, 5.74) is 0.